The van der Waals surface area contributed by atoms with Crippen molar-refractivity contribution in [2.75, 3.05) is 18.5 Å². The molecule has 4 nitrogen and oxygen atoms in total. The fraction of sp³-hybridized carbons (Fsp3) is 0.733. The number of hydrogen-bond donors (Lipinski definition) is 1. The molecule has 108 valence electrons. The number of aryl methyl sites for hydroxylation is 1. The SMILES string of the molecule is CCCC(OCC)c1nc(CC)c(C)c(NCC)n1. The van der Waals surface area contributed by atoms with Crippen LogP contribution < -0.4 is 5.32 Å². The number of hydrogen-bond acceptors (Lipinski definition) is 4. The predicted molar refractivity (Wildman–Crippen MR) is 79.6 cm³/mol. The molecule has 1 aromatic rings. The highest BCUT2D eigenvalue weighted by Gasteiger charge is 2.17. The molecule has 1 aromatic heterocycles. The van der Waals surface area contributed by atoms with Crippen molar-refractivity contribution in [2.45, 2.75) is 60.0 Å². The second-order valence-corrected chi connectivity index (χ2v) is 4.62. The van der Waals surface area contributed by atoms with Crippen molar-refractivity contribution in [1.82, 2.24) is 9.97 Å². The summed E-state index contributed by atoms with van der Waals surface area (Å²) in [4.78, 5) is 9.36. The van der Waals surface area contributed by atoms with Crippen LogP contribution in [0.25, 0.3) is 0 Å². The molecular weight excluding hydrogens is 238 g/mol. The fourth-order valence-corrected chi connectivity index (χ4v) is 2.16. The molecule has 0 aromatic carbocycles. The van der Waals surface area contributed by atoms with Gasteiger partial charge in [-0.25, -0.2) is 9.97 Å². The minimum atomic E-state index is 0.0123. The standard InChI is InChI=1S/C15H27N3O/c1-6-10-13(19-9-4)15-17-12(7-2)11(5)14(18-15)16-8-3/h13H,6-10H2,1-5H3,(H,16,17,18). The van der Waals surface area contributed by atoms with Crippen molar-refractivity contribution < 1.29 is 4.74 Å². The first-order valence-electron chi connectivity index (χ1n) is 7.40. The summed E-state index contributed by atoms with van der Waals surface area (Å²) in [6.07, 6.45) is 2.97. The molecule has 1 atom stereocenters. The van der Waals surface area contributed by atoms with Crippen LogP contribution in [0.4, 0.5) is 5.82 Å². The lowest BCUT2D eigenvalue weighted by atomic mass is 10.1. The molecule has 0 fully saturated rings. The summed E-state index contributed by atoms with van der Waals surface area (Å²) in [5.41, 5.74) is 2.27. The summed E-state index contributed by atoms with van der Waals surface area (Å²) in [6.45, 7) is 12.0. The van der Waals surface area contributed by atoms with Crippen LogP contribution in [-0.4, -0.2) is 23.1 Å². The Kier molecular flexibility index (Phi) is 6.78. The van der Waals surface area contributed by atoms with Gasteiger partial charge in [0.15, 0.2) is 5.82 Å². The van der Waals surface area contributed by atoms with E-state index in [9.17, 15) is 0 Å². The van der Waals surface area contributed by atoms with Gasteiger partial charge in [-0.2, -0.15) is 0 Å². The maximum absolute atomic E-state index is 5.79. The van der Waals surface area contributed by atoms with Gasteiger partial charge in [-0.05, 0) is 33.6 Å². The monoisotopic (exact) mass is 265 g/mol. The number of anilines is 1. The van der Waals surface area contributed by atoms with E-state index in [1.165, 1.54) is 0 Å². The Balaban J connectivity index is 3.13. The minimum Gasteiger partial charge on any atom is -0.371 e. The van der Waals surface area contributed by atoms with Gasteiger partial charge in [0.1, 0.15) is 11.9 Å². The molecule has 1 unspecified atom stereocenters. The lowest BCUT2D eigenvalue weighted by Gasteiger charge is -2.18. The number of aromatic nitrogens is 2. The third kappa shape index (κ3) is 4.16. The number of rotatable bonds is 8. The van der Waals surface area contributed by atoms with E-state index >= 15 is 0 Å². The summed E-state index contributed by atoms with van der Waals surface area (Å²) in [7, 11) is 0. The van der Waals surface area contributed by atoms with Gasteiger partial charge in [-0.15, -0.1) is 0 Å². The first-order valence-corrected chi connectivity index (χ1v) is 7.40. The smallest absolute Gasteiger partial charge is 0.159 e. The van der Waals surface area contributed by atoms with Crippen molar-refractivity contribution in [3.8, 4) is 0 Å². The highest BCUT2D eigenvalue weighted by atomic mass is 16.5. The molecule has 0 saturated carbocycles. The van der Waals surface area contributed by atoms with Crippen molar-refractivity contribution in [3.63, 3.8) is 0 Å². The van der Waals surface area contributed by atoms with E-state index in [1.54, 1.807) is 0 Å². The topological polar surface area (TPSA) is 47.0 Å². The first-order chi connectivity index (χ1) is 9.17. The fourth-order valence-electron chi connectivity index (χ4n) is 2.16. The molecule has 1 heterocycles. The maximum Gasteiger partial charge on any atom is 0.159 e. The van der Waals surface area contributed by atoms with Crippen LogP contribution in [0.3, 0.4) is 0 Å². The zero-order valence-electron chi connectivity index (χ0n) is 12.9. The van der Waals surface area contributed by atoms with Crippen LogP contribution >= 0.6 is 0 Å². The van der Waals surface area contributed by atoms with Gasteiger partial charge in [-0.3, -0.25) is 0 Å². The molecule has 4 heteroatoms. The summed E-state index contributed by atoms with van der Waals surface area (Å²) in [5.74, 6) is 1.77. The van der Waals surface area contributed by atoms with Crippen LogP contribution in [0.2, 0.25) is 0 Å². The number of ether oxygens (including phenoxy) is 1. The molecule has 1 N–H and O–H groups in total. The molecule has 19 heavy (non-hydrogen) atoms. The van der Waals surface area contributed by atoms with E-state index in [-0.39, 0.29) is 6.10 Å². The van der Waals surface area contributed by atoms with Gasteiger partial charge in [0.05, 0.1) is 0 Å². The minimum absolute atomic E-state index is 0.0123. The van der Waals surface area contributed by atoms with Gasteiger partial charge in [0.2, 0.25) is 0 Å². The summed E-state index contributed by atoms with van der Waals surface area (Å²) in [6, 6.07) is 0. The van der Waals surface area contributed by atoms with Crippen LogP contribution in [0.5, 0.6) is 0 Å². The van der Waals surface area contributed by atoms with Gasteiger partial charge in [-0.1, -0.05) is 20.3 Å². The molecule has 0 saturated heterocycles. The van der Waals surface area contributed by atoms with Crippen molar-refractivity contribution >= 4 is 5.82 Å². The highest BCUT2D eigenvalue weighted by molar-refractivity contribution is 5.46. The van der Waals surface area contributed by atoms with Crippen LogP contribution in [0.15, 0.2) is 0 Å². The second-order valence-electron chi connectivity index (χ2n) is 4.62. The quantitative estimate of drug-likeness (QED) is 0.779. The Bertz CT molecular complexity index is 387. The van der Waals surface area contributed by atoms with Crippen LogP contribution in [-0.2, 0) is 11.2 Å². The van der Waals surface area contributed by atoms with Crippen LogP contribution in [0.1, 0.15) is 63.7 Å². The molecule has 0 radical (unpaired) electrons. The average Bonchev–Trinajstić information content (AvgIpc) is 2.41. The Labute approximate surface area is 117 Å². The molecule has 0 spiro atoms. The van der Waals surface area contributed by atoms with Gasteiger partial charge < -0.3 is 10.1 Å². The third-order valence-electron chi connectivity index (χ3n) is 3.15. The highest BCUT2D eigenvalue weighted by Crippen LogP contribution is 2.24. The maximum atomic E-state index is 5.79. The number of nitrogens with zero attached hydrogens (tertiary/aromatic N) is 2. The van der Waals surface area contributed by atoms with E-state index in [1.807, 2.05) is 6.92 Å². The summed E-state index contributed by atoms with van der Waals surface area (Å²) >= 11 is 0. The summed E-state index contributed by atoms with van der Waals surface area (Å²) < 4.78 is 5.79. The molecule has 0 aliphatic heterocycles. The Morgan fingerprint density at radius 1 is 1.16 bits per heavy atom. The summed E-state index contributed by atoms with van der Waals surface area (Å²) in [5, 5.41) is 3.32. The predicted octanol–water partition coefficient (Wildman–Crippen LogP) is 3.66. The Morgan fingerprint density at radius 2 is 1.89 bits per heavy atom. The van der Waals surface area contributed by atoms with Crippen molar-refractivity contribution in [2.24, 2.45) is 0 Å². The molecular formula is C15H27N3O. The molecule has 0 aliphatic carbocycles. The third-order valence-corrected chi connectivity index (χ3v) is 3.15. The normalized spacial score (nSPS) is 12.5. The second kappa shape index (κ2) is 8.10. The van der Waals surface area contributed by atoms with Gasteiger partial charge in [0, 0.05) is 24.4 Å². The van der Waals surface area contributed by atoms with Gasteiger partial charge >= 0.3 is 0 Å². The van der Waals surface area contributed by atoms with Crippen LogP contribution in [0, 0.1) is 6.92 Å². The zero-order valence-corrected chi connectivity index (χ0v) is 12.9. The van der Waals surface area contributed by atoms with E-state index in [4.69, 9.17) is 9.72 Å². The molecule has 1 rings (SSSR count). The Hall–Kier alpha value is -1.16. The van der Waals surface area contributed by atoms with Crippen molar-refractivity contribution in [1.29, 1.82) is 0 Å². The average molecular weight is 265 g/mol. The van der Waals surface area contributed by atoms with E-state index in [0.717, 1.165) is 48.7 Å². The Morgan fingerprint density at radius 3 is 2.42 bits per heavy atom. The lowest BCUT2D eigenvalue weighted by Crippen LogP contribution is -2.14. The van der Waals surface area contributed by atoms with E-state index in [0.29, 0.717) is 6.61 Å². The number of nitrogens with one attached hydrogen (secondary N) is 1. The molecule has 0 amide bonds. The lowest BCUT2D eigenvalue weighted by molar-refractivity contribution is 0.0493. The van der Waals surface area contributed by atoms with E-state index in [2.05, 4.69) is 38.0 Å². The molecule has 0 bridgehead atoms. The largest absolute Gasteiger partial charge is 0.371 e. The zero-order chi connectivity index (χ0) is 14.3. The van der Waals surface area contributed by atoms with Gasteiger partial charge in [0.25, 0.3) is 0 Å². The van der Waals surface area contributed by atoms with Crippen molar-refractivity contribution in [3.05, 3.63) is 17.1 Å². The van der Waals surface area contributed by atoms with E-state index < -0.39 is 0 Å². The molecule has 0 aliphatic rings. The first kappa shape index (κ1) is 15.9.